The number of aromatic nitrogens is 4. The summed E-state index contributed by atoms with van der Waals surface area (Å²) in [5.74, 6) is 0.143. The molecule has 0 spiro atoms. The number of hydrogen-bond donors (Lipinski definition) is 3. The summed E-state index contributed by atoms with van der Waals surface area (Å²) in [6, 6.07) is 0. The summed E-state index contributed by atoms with van der Waals surface area (Å²) < 4.78 is 26.2. The van der Waals surface area contributed by atoms with Crippen molar-refractivity contribution in [1.29, 1.82) is 0 Å². The Kier molecular flexibility index (Phi) is 19.6. The van der Waals surface area contributed by atoms with Crippen molar-refractivity contribution in [2.45, 2.75) is 167 Å². The second-order valence-corrected chi connectivity index (χ2v) is 15.7. The molecule has 2 heterocycles. The molecule has 2 fully saturated rings. The molecule has 2 saturated carbocycles. The molecule has 304 valence electrons. The van der Waals surface area contributed by atoms with Gasteiger partial charge in [-0.3, -0.25) is 19.2 Å². The maximum atomic E-state index is 12.4. The molecule has 4 rings (SSSR count). The molecule has 54 heavy (non-hydrogen) atoms. The SMILES string of the molecule is CC(C)(C)OC(=O)C[C@@H](CCCC1CCCCC1)c1nc(COCC(N)=O)no1.NC(=O)COCc1noc([C@H](CCCC2CCCCC2)CC(=O)O)n1. The molecule has 2 aromatic rings. The van der Waals surface area contributed by atoms with Gasteiger partial charge in [0.2, 0.25) is 23.6 Å². The quantitative estimate of drug-likeness (QED) is 0.116. The Hall–Kier alpha value is -3.92. The number of hydrogen-bond acceptors (Lipinski definition) is 13. The van der Waals surface area contributed by atoms with Crippen LogP contribution >= 0.6 is 0 Å². The third kappa shape index (κ3) is 18.9. The minimum atomic E-state index is -0.882. The van der Waals surface area contributed by atoms with E-state index in [4.69, 9.17) is 39.8 Å². The number of ether oxygens (including phenoxy) is 3. The van der Waals surface area contributed by atoms with E-state index in [-0.39, 0.29) is 57.1 Å². The number of primary amides is 2. The standard InChI is InChI=1S/C21H35N3O5.C17H27N3O5/c1-21(2,3)28-19(26)12-16(11-7-10-15-8-5-4-6-9-15)20-23-18(24-29-20)14-27-13-17(22)25;18-14(21)10-24-11-15-19-17(25-20-15)13(9-16(22)23)8-4-7-12-5-2-1-3-6-12/h15-16H,4-14H2,1-3H3,(H2,22,25);12-13H,1-11H2,(H2,18,21)(H,22,23)/t16-;13-/m11/s1. The number of carbonyl (C=O) groups is 4. The van der Waals surface area contributed by atoms with Gasteiger partial charge in [0.1, 0.15) is 32.0 Å². The van der Waals surface area contributed by atoms with Gasteiger partial charge in [-0.25, -0.2) is 0 Å². The van der Waals surface area contributed by atoms with Gasteiger partial charge in [-0.1, -0.05) is 100 Å². The molecule has 0 aliphatic heterocycles. The number of esters is 1. The number of carbonyl (C=O) groups excluding carboxylic acids is 3. The highest BCUT2D eigenvalue weighted by atomic mass is 16.6. The monoisotopic (exact) mass is 762 g/mol. The van der Waals surface area contributed by atoms with Crippen LogP contribution in [0.5, 0.6) is 0 Å². The molecule has 16 nitrogen and oxygen atoms in total. The predicted octanol–water partition coefficient (Wildman–Crippen LogP) is 6.02. The van der Waals surface area contributed by atoms with Crippen molar-refractivity contribution < 1.29 is 47.5 Å². The number of carboxylic acid groups (broad SMARTS) is 1. The summed E-state index contributed by atoms with van der Waals surface area (Å²) in [7, 11) is 0. The van der Waals surface area contributed by atoms with E-state index in [0.717, 1.165) is 43.9 Å². The molecule has 16 heteroatoms. The van der Waals surface area contributed by atoms with Crippen molar-refractivity contribution in [3.05, 3.63) is 23.4 Å². The fourth-order valence-electron chi connectivity index (χ4n) is 7.15. The number of nitrogens with zero attached hydrogens (tertiary/aromatic N) is 4. The van der Waals surface area contributed by atoms with Crippen molar-refractivity contribution in [2.75, 3.05) is 13.2 Å². The third-order valence-corrected chi connectivity index (χ3v) is 9.65. The minimum absolute atomic E-state index is 0.00824. The Morgan fingerprint density at radius 2 is 1.15 bits per heavy atom. The van der Waals surface area contributed by atoms with E-state index in [9.17, 15) is 19.2 Å². The maximum absolute atomic E-state index is 12.4. The van der Waals surface area contributed by atoms with E-state index >= 15 is 0 Å². The van der Waals surface area contributed by atoms with Crippen LogP contribution in [0.3, 0.4) is 0 Å². The van der Waals surface area contributed by atoms with Gasteiger partial charge in [0.15, 0.2) is 11.6 Å². The van der Waals surface area contributed by atoms with Crippen molar-refractivity contribution in [3.8, 4) is 0 Å². The normalized spacial score (nSPS) is 16.6. The molecule has 0 aromatic carbocycles. The zero-order chi connectivity index (χ0) is 39.3. The minimum Gasteiger partial charge on any atom is -0.481 e. The van der Waals surface area contributed by atoms with Gasteiger partial charge in [0.25, 0.3) is 0 Å². The lowest BCUT2D eigenvalue weighted by molar-refractivity contribution is -0.155. The van der Waals surface area contributed by atoms with Crippen molar-refractivity contribution in [3.63, 3.8) is 0 Å². The maximum Gasteiger partial charge on any atom is 0.307 e. The lowest BCUT2D eigenvalue weighted by Gasteiger charge is -2.23. The molecule has 2 aliphatic carbocycles. The van der Waals surface area contributed by atoms with Crippen molar-refractivity contribution in [2.24, 2.45) is 23.3 Å². The molecule has 2 aromatic heterocycles. The van der Waals surface area contributed by atoms with Crippen LogP contribution in [0.15, 0.2) is 9.05 Å². The number of carboxylic acids is 1. The van der Waals surface area contributed by atoms with Gasteiger partial charge in [0, 0.05) is 11.8 Å². The molecular weight excluding hydrogens is 700 g/mol. The van der Waals surface area contributed by atoms with Gasteiger partial charge in [-0.05, 0) is 45.4 Å². The average Bonchev–Trinajstić information content (AvgIpc) is 3.78. The van der Waals surface area contributed by atoms with Crippen LogP contribution in [0.2, 0.25) is 0 Å². The van der Waals surface area contributed by atoms with E-state index < -0.39 is 23.4 Å². The lowest BCUT2D eigenvalue weighted by atomic mass is 9.84. The second-order valence-electron chi connectivity index (χ2n) is 15.7. The first kappa shape index (κ1) is 44.5. The summed E-state index contributed by atoms with van der Waals surface area (Å²) in [5, 5.41) is 16.8. The first-order valence-corrected chi connectivity index (χ1v) is 19.6. The van der Waals surface area contributed by atoms with Crippen LogP contribution in [0.1, 0.15) is 172 Å². The lowest BCUT2D eigenvalue weighted by Crippen LogP contribution is -2.25. The zero-order valence-electron chi connectivity index (χ0n) is 32.4. The molecule has 0 unspecified atom stereocenters. The highest BCUT2D eigenvalue weighted by Crippen LogP contribution is 2.33. The third-order valence-electron chi connectivity index (χ3n) is 9.65. The van der Waals surface area contributed by atoms with E-state index in [1.807, 2.05) is 20.8 Å². The van der Waals surface area contributed by atoms with E-state index in [1.54, 1.807) is 0 Å². The highest BCUT2D eigenvalue weighted by Gasteiger charge is 2.27. The topological polar surface area (TPSA) is 246 Å². The Balaban J connectivity index is 0.000000294. The fraction of sp³-hybridized carbons (Fsp3) is 0.789. The van der Waals surface area contributed by atoms with Gasteiger partial charge in [-0.2, -0.15) is 9.97 Å². The molecule has 0 radical (unpaired) electrons. The van der Waals surface area contributed by atoms with Gasteiger partial charge in [-0.15, -0.1) is 0 Å². The second kappa shape index (κ2) is 23.8. The largest absolute Gasteiger partial charge is 0.481 e. The summed E-state index contributed by atoms with van der Waals surface area (Å²) in [5.41, 5.74) is 9.50. The van der Waals surface area contributed by atoms with E-state index in [1.165, 1.54) is 64.2 Å². The van der Waals surface area contributed by atoms with Crippen LogP contribution in [0.25, 0.3) is 0 Å². The van der Waals surface area contributed by atoms with E-state index in [0.29, 0.717) is 29.9 Å². The zero-order valence-corrected chi connectivity index (χ0v) is 32.4. The molecule has 0 saturated heterocycles. The summed E-state index contributed by atoms with van der Waals surface area (Å²) in [4.78, 5) is 53.5. The van der Waals surface area contributed by atoms with Gasteiger partial charge >= 0.3 is 11.9 Å². The Bertz CT molecular complexity index is 1410. The first-order chi connectivity index (χ1) is 25.8. The number of nitrogens with two attached hydrogens (primary N) is 2. The van der Waals surface area contributed by atoms with Crippen LogP contribution in [0.4, 0.5) is 0 Å². The number of aliphatic carboxylic acids is 1. The molecule has 0 bridgehead atoms. The van der Waals surface area contributed by atoms with Crippen LogP contribution in [0, 0.1) is 11.8 Å². The smallest absolute Gasteiger partial charge is 0.307 e. The van der Waals surface area contributed by atoms with Crippen LogP contribution in [-0.4, -0.2) is 68.0 Å². The van der Waals surface area contributed by atoms with Crippen molar-refractivity contribution >= 4 is 23.8 Å². The van der Waals surface area contributed by atoms with Crippen molar-refractivity contribution in [1.82, 2.24) is 20.3 Å². The van der Waals surface area contributed by atoms with E-state index in [2.05, 4.69) is 20.3 Å². The fourth-order valence-corrected chi connectivity index (χ4v) is 7.15. The molecule has 2 amide bonds. The summed E-state index contributed by atoms with van der Waals surface area (Å²) in [6.07, 6.45) is 19.0. The Morgan fingerprint density at radius 3 is 1.54 bits per heavy atom. The molecule has 2 aliphatic rings. The van der Waals surface area contributed by atoms with Gasteiger partial charge < -0.3 is 39.8 Å². The molecule has 5 N–H and O–H groups in total. The highest BCUT2D eigenvalue weighted by molar-refractivity contribution is 5.75. The average molecular weight is 763 g/mol. The molecular formula is C38H62N6O10. The van der Waals surface area contributed by atoms with Crippen LogP contribution in [-0.2, 0) is 46.6 Å². The first-order valence-electron chi connectivity index (χ1n) is 19.6. The molecule has 2 atom stereocenters. The Labute approximate surface area is 318 Å². The summed E-state index contributed by atoms with van der Waals surface area (Å²) >= 11 is 0. The number of amides is 2. The summed E-state index contributed by atoms with van der Waals surface area (Å²) in [6.45, 7) is 5.18. The van der Waals surface area contributed by atoms with Gasteiger partial charge in [0.05, 0.1) is 12.8 Å². The Morgan fingerprint density at radius 1 is 0.722 bits per heavy atom. The predicted molar refractivity (Wildman–Crippen MR) is 195 cm³/mol. The van der Waals surface area contributed by atoms with Crippen LogP contribution < -0.4 is 11.5 Å². The number of rotatable bonds is 22.